The summed E-state index contributed by atoms with van der Waals surface area (Å²) in [5, 5.41) is 5.15. The number of anilines is 1. The molecule has 1 atom stereocenters. The van der Waals surface area contributed by atoms with Gasteiger partial charge in [0.05, 0.1) is 12.1 Å². The quantitative estimate of drug-likeness (QED) is 0.0821. The fourth-order valence-corrected chi connectivity index (χ4v) is 5.19. The molecule has 0 saturated carbocycles. The molecular formula is C37H53N5O12S. The Balaban J connectivity index is 2.21. The fourth-order valence-electron chi connectivity index (χ4n) is 3.97. The lowest BCUT2D eigenvalue weighted by Crippen LogP contribution is -2.51. The smallest absolute Gasteiger partial charge is 0.437 e. The van der Waals surface area contributed by atoms with Crippen LogP contribution in [0.3, 0.4) is 0 Å². The third-order valence-electron chi connectivity index (χ3n) is 6.03. The van der Waals surface area contributed by atoms with Crippen LogP contribution in [0.2, 0.25) is 0 Å². The van der Waals surface area contributed by atoms with Gasteiger partial charge in [0.2, 0.25) is 5.96 Å². The van der Waals surface area contributed by atoms with E-state index in [1.54, 1.807) is 83.1 Å². The van der Waals surface area contributed by atoms with Crippen LogP contribution in [-0.2, 0) is 40.5 Å². The summed E-state index contributed by atoms with van der Waals surface area (Å²) in [6.45, 7) is 20.4. The molecule has 304 valence electrons. The van der Waals surface area contributed by atoms with E-state index in [1.807, 2.05) is 0 Å². The van der Waals surface area contributed by atoms with Gasteiger partial charge in [-0.3, -0.25) is 10.1 Å². The molecule has 3 N–H and O–H groups in total. The summed E-state index contributed by atoms with van der Waals surface area (Å²) in [5.74, 6) is -1.77. The van der Waals surface area contributed by atoms with Crippen molar-refractivity contribution in [2.24, 2.45) is 4.99 Å². The summed E-state index contributed by atoms with van der Waals surface area (Å²) in [5.41, 5.74) is -2.81. The third kappa shape index (κ3) is 17.6. The van der Waals surface area contributed by atoms with E-state index in [4.69, 9.17) is 23.7 Å². The SMILES string of the molecule is CC(NS(=O)(=O)N(Cc1ccc(OC(=O)c2ccc(NC(=NC(=O)OC(C)(C)C)NC(=O)OC(C)(C)C)cc2)cc1)C(=O)OC(C)(C)C)C(=O)OC(C)(C)C. The van der Waals surface area contributed by atoms with Crippen molar-refractivity contribution >= 4 is 52.1 Å². The number of alkyl carbamates (subject to hydrolysis) is 1. The highest BCUT2D eigenvalue weighted by atomic mass is 32.2. The highest BCUT2D eigenvalue weighted by Gasteiger charge is 2.35. The second kappa shape index (κ2) is 17.9. The first-order valence-corrected chi connectivity index (χ1v) is 18.6. The van der Waals surface area contributed by atoms with Crippen molar-refractivity contribution in [1.82, 2.24) is 14.3 Å². The molecule has 17 nitrogen and oxygen atoms in total. The molecule has 0 heterocycles. The van der Waals surface area contributed by atoms with Gasteiger partial charge >= 0.3 is 40.4 Å². The van der Waals surface area contributed by atoms with Crippen LogP contribution >= 0.6 is 0 Å². The van der Waals surface area contributed by atoms with E-state index in [0.29, 0.717) is 15.6 Å². The van der Waals surface area contributed by atoms with Crippen LogP contribution in [0.25, 0.3) is 0 Å². The number of nitrogens with zero attached hydrogens (tertiary/aromatic N) is 2. The Kier molecular flexibility index (Phi) is 15.0. The van der Waals surface area contributed by atoms with Gasteiger partial charge in [-0.1, -0.05) is 12.1 Å². The molecule has 0 spiro atoms. The second-order valence-electron chi connectivity index (χ2n) is 16.2. The van der Waals surface area contributed by atoms with Crippen molar-refractivity contribution in [2.45, 2.75) is 125 Å². The summed E-state index contributed by atoms with van der Waals surface area (Å²) in [6.07, 6.45) is -3.04. The van der Waals surface area contributed by atoms with Crippen molar-refractivity contribution in [3.63, 3.8) is 0 Å². The van der Waals surface area contributed by atoms with E-state index in [2.05, 4.69) is 20.3 Å². The lowest BCUT2D eigenvalue weighted by molar-refractivity contribution is -0.156. The average Bonchev–Trinajstić information content (AvgIpc) is 2.96. The lowest BCUT2D eigenvalue weighted by atomic mass is 10.2. The molecule has 18 heteroatoms. The number of ether oxygens (including phenoxy) is 5. The van der Waals surface area contributed by atoms with E-state index < -0.39 is 75.4 Å². The number of guanidine groups is 1. The maximum Gasteiger partial charge on any atom is 0.437 e. The van der Waals surface area contributed by atoms with E-state index in [-0.39, 0.29) is 17.3 Å². The molecule has 55 heavy (non-hydrogen) atoms. The lowest BCUT2D eigenvalue weighted by Gasteiger charge is -2.28. The number of carbonyl (C=O) groups excluding carboxylic acids is 5. The van der Waals surface area contributed by atoms with Crippen LogP contribution < -0.4 is 20.1 Å². The Labute approximate surface area is 322 Å². The number of benzene rings is 2. The van der Waals surface area contributed by atoms with E-state index in [9.17, 15) is 32.4 Å². The Morgan fingerprint density at radius 2 is 1.22 bits per heavy atom. The molecular weight excluding hydrogens is 738 g/mol. The Morgan fingerprint density at radius 1 is 0.709 bits per heavy atom. The number of hydrogen-bond donors (Lipinski definition) is 3. The molecule has 0 saturated heterocycles. The van der Waals surface area contributed by atoms with E-state index in [0.717, 1.165) is 0 Å². The van der Waals surface area contributed by atoms with Gasteiger partial charge < -0.3 is 29.0 Å². The van der Waals surface area contributed by atoms with Crippen LogP contribution in [0.1, 0.15) is 106 Å². The van der Waals surface area contributed by atoms with Gasteiger partial charge in [0.1, 0.15) is 34.2 Å². The van der Waals surface area contributed by atoms with Crippen LogP contribution in [0.15, 0.2) is 53.5 Å². The Bertz CT molecular complexity index is 1830. The maximum atomic E-state index is 13.4. The topological polar surface area (TPSA) is 217 Å². The molecule has 2 aromatic carbocycles. The van der Waals surface area contributed by atoms with Gasteiger partial charge in [-0.25, -0.2) is 19.2 Å². The van der Waals surface area contributed by atoms with Crippen LogP contribution in [0.5, 0.6) is 5.75 Å². The highest BCUT2D eigenvalue weighted by Crippen LogP contribution is 2.21. The minimum absolute atomic E-state index is 0.104. The molecule has 3 amide bonds. The molecule has 0 bridgehead atoms. The number of amides is 3. The van der Waals surface area contributed by atoms with Crippen molar-refractivity contribution in [1.29, 1.82) is 0 Å². The molecule has 0 radical (unpaired) electrons. The standard InChI is InChI=1S/C37H53N5O12S/c1-23(28(43)51-34(2,3)4)41-55(48,49)42(33(47)54-37(11,12)13)22-24-14-20-27(21-15-24)50-29(44)25-16-18-26(19-17-25)38-30(39-31(45)52-35(5,6)7)40-32(46)53-36(8,9)10/h14-21,23,41H,22H2,1-13H3,(H2,38,39,40,45,46). The number of esters is 2. The third-order valence-corrected chi connectivity index (χ3v) is 7.54. The second-order valence-corrected chi connectivity index (χ2v) is 17.8. The summed E-state index contributed by atoms with van der Waals surface area (Å²) < 4.78 is 55.9. The zero-order valence-electron chi connectivity index (χ0n) is 33.6. The predicted molar refractivity (Wildman–Crippen MR) is 204 cm³/mol. The molecule has 2 rings (SSSR count). The molecule has 0 fully saturated rings. The van der Waals surface area contributed by atoms with Gasteiger partial charge in [-0.15, -0.1) is 4.99 Å². The van der Waals surface area contributed by atoms with Crippen molar-refractivity contribution in [3.8, 4) is 5.75 Å². The predicted octanol–water partition coefficient (Wildman–Crippen LogP) is 6.44. The molecule has 0 aliphatic heterocycles. The molecule has 0 aliphatic carbocycles. The first kappa shape index (κ1) is 45.9. The summed E-state index contributed by atoms with van der Waals surface area (Å²) >= 11 is 0. The van der Waals surface area contributed by atoms with Gasteiger partial charge in [-0.2, -0.15) is 17.4 Å². The molecule has 2 aromatic rings. The summed E-state index contributed by atoms with van der Waals surface area (Å²) in [6, 6.07) is 10.2. The largest absolute Gasteiger partial charge is 0.459 e. The van der Waals surface area contributed by atoms with E-state index in [1.165, 1.54) is 55.5 Å². The summed E-state index contributed by atoms with van der Waals surface area (Å²) in [4.78, 5) is 67.1. The van der Waals surface area contributed by atoms with Crippen LogP contribution in [0.4, 0.5) is 20.1 Å². The minimum atomic E-state index is -4.64. The highest BCUT2D eigenvalue weighted by molar-refractivity contribution is 7.87. The van der Waals surface area contributed by atoms with E-state index >= 15 is 0 Å². The number of carbonyl (C=O) groups is 5. The monoisotopic (exact) mass is 791 g/mol. The summed E-state index contributed by atoms with van der Waals surface area (Å²) in [7, 11) is -4.64. The average molecular weight is 792 g/mol. The van der Waals surface area contributed by atoms with Crippen LogP contribution in [-0.4, -0.2) is 77.3 Å². The minimum Gasteiger partial charge on any atom is -0.459 e. The maximum absolute atomic E-state index is 13.4. The van der Waals surface area contributed by atoms with Gasteiger partial charge in [-0.05, 0) is 132 Å². The fraction of sp³-hybridized carbons (Fsp3) is 0.514. The normalized spacial score (nSPS) is 13.1. The zero-order valence-corrected chi connectivity index (χ0v) is 34.4. The molecule has 0 aliphatic rings. The van der Waals surface area contributed by atoms with Crippen molar-refractivity contribution in [2.75, 3.05) is 5.32 Å². The Morgan fingerprint density at radius 3 is 1.71 bits per heavy atom. The van der Waals surface area contributed by atoms with Gasteiger partial charge in [0.15, 0.2) is 0 Å². The first-order valence-electron chi connectivity index (χ1n) is 17.2. The van der Waals surface area contributed by atoms with Crippen molar-refractivity contribution in [3.05, 3.63) is 59.7 Å². The molecule has 1 unspecified atom stereocenters. The Hall–Kier alpha value is -5.23. The number of hydrogen-bond acceptors (Lipinski definition) is 12. The van der Waals surface area contributed by atoms with Gasteiger partial charge in [0.25, 0.3) is 0 Å². The van der Waals surface area contributed by atoms with Crippen molar-refractivity contribution < 1.29 is 56.1 Å². The number of aliphatic imine (C=N–C) groups is 1. The number of rotatable bonds is 9. The zero-order chi connectivity index (χ0) is 42.2. The van der Waals surface area contributed by atoms with Gasteiger partial charge in [0, 0.05) is 5.69 Å². The first-order chi connectivity index (χ1) is 24.9. The van der Waals surface area contributed by atoms with Crippen LogP contribution in [0, 0.1) is 0 Å². The molecule has 0 aromatic heterocycles. The number of nitrogens with one attached hydrogen (secondary N) is 3.